The molecular formula is C22H22O7. The van der Waals surface area contributed by atoms with Crippen LogP contribution < -0.4 is 15.1 Å². The highest BCUT2D eigenvalue weighted by Crippen LogP contribution is 2.33. The fourth-order valence-electron chi connectivity index (χ4n) is 2.70. The van der Waals surface area contributed by atoms with Crippen LogP contribution in [0.4, 0.5) is 0 Å². The van der Waals surface area contributed by atoms with Crippen LogP contribution in [-0.4, -0.2) is 32.6 Å². The predicted octanol–water partition coefficient (Wildman–Crippen LogP) is 3.77. The van der Waals surface area contributed by atoms with Crippen molar-refractivity contribution in [2.24, 2.45) is 0 Å². The number of fused-ring (bicyclic) bond motifs is 1. The van der Waals surface area contributed by atoms with Crippen LogP contribution in [0.5, 0.6) is 11.5 Å². The molecule has 3 rings (SSSR count). The molecule has 0 spiro atoms. The fourth-order valence-corrected chi connectivity index (χ4v) is 2.70. The van der Waals surface area contributed by atoms with Crippen LogP contribution in [0, 0.1) is 0 Å². The molecule has 152 valence electrons. The maximum atomic E-state index is 12.8. The SMILES string of the molecule is COC(C)Oc1cc(OC(C)OC)c2cc(C(=O)c3ccccc3)c(=O)oc2c1. The van der Waals surface area contributed by atoms with E-state index in [-0.39, 0.29) is 11.1 Å². The summed E-state index contributed by atoms with van der Waals surface area (Å²) in [6.07, 6.45) is -1.10. The van der Waals surface area contributed by atoms with E-state index in [2.05, 4.69) is 0 Å². The first kappa shape index (κ1) is 20.6. The minimum Gasteiger partial charge on any atom is -0.465 e. The van der Waals surface area contributed by atoms with Gasteiger partial charge in [0.15, 0.2) is 18.4 Å². The number of methoxy groups -OCH3 is 2. The van der Waals surface area contributed by atoms with Crippen molar-refractivity contribution in [1.82, 2.24) is 0 Å². The standard InChI is InChI=1S/C22H22O7/c1-13(25-3)27-16-10-19(28-14(2)26-4)17-12-18(22(24)29-20(17)11-16)21(23)15-8-6-5-7-9-15/h5-14H,1-4H3. The molecular weight excluding hydrogens is 376 g/mol. The molecule has 2 atom stereocenters. The Balaban J connectivity index is 2.14. The number of benzene rings is 2. The molecule has 1 heterocycles. The Hall–Kier alpha value is -3.16. The Labute approximate surface area is 167 Å². The Morgan fingerprint density at radius 1 is 0.931 bits per heavy atom. The van der Waals surface area contributed by atoms with E-state index in [1.54, 1.807) is 56.3 Å². The van der Waals surface area contributed by atoms with Gasteiger partial charge in [-0.25, -0.2) is 4.79 Å². The topological polar surface area (TPSA) is 84.2 Å². The van der Waals surface area contributed by atoms with Gasteiger partial charge >= 0.3 is 5.63 Å². The molecule has 0 amide bonds. The molecule has 0 N–H and O–H groups in total. The van der Waals surface area contributed by atoms with Crippen LogP contribution in [0.15, 0.2) is 57.7 Å². The van der Waals surface area contributed by atoms with Crippen molar-refractivity contribution in [2.75, 3.05) is 14.2 Å². The molecule has 2 unspecified atom stereocenters. The highest BCUT2D eigenvalue weighted by atomic mass is 16.7. The van der Waals surface area contributed by atoms with E-state index in [1.165, 1.54) is 20.3 Å². The van der Waals surface area contributed by atoms with Gasteiger partial charge in [0.2, 0.25) is 0 Å². The maximum Gasteiger partial charge on any atom is 0.347 e. The van der Waals surface area contributed by atoms with Crippen molar-refractivity contribution in [3.8, 4) is 11.5 Å². The first-order valence-corrected chi connectivity index (χ1v) is 9.03. The molecule has 0 fully saturated rings. The number of hydrogen-bond acceptors (Lipinski definition) is 7. The molecule has 0 aliphatic rings. The molecule has 1 aromatic heterocycles. The minimum absolute atomic E-state index is 0.0856. The van der Waals surface area contributed by atoms with Crippen LogP contribution >= 0.6 is 0 Å². The number of ether oxygens (including phenoxy) is 4. The van der Waals surface area contributed by atoms with Gasteiger partial charge in [0.25, 0.3) is 0 Å². The summed E-state index contributed by atoms with van der Waals surface area (Å²) in [5.41, 5.74) is -0.217. The lowest BCUT2D eigenvalue weighted by atomic mass is 10.0. The second kappa shape index (κ2) is 8.89. The molecule has 0 saturated carbocycles. The molecule has 0 aliphatic heterocycles. The summed E-state index contributed by atoms with van der Waals surface area (Å²) in [6.45, 7) is 3.44. The van der Waals surface area contributed by atoms with Gasteiger partial charge in [0.05, 0.1) is 5.39 Å². The minimum atomic E-state index is -0.742. The zero-order valence-corrected chi connectivity index (χ0v) is 16.6. The Morgan fingerprint density at radius 2 is 1.59 bits per heavy atom. The van der Waals surface area contributed by atoms with Crippen molar-refractivity contribution in [3.63, 3.8) is 0 Å². The van der Waals surface area contributed by atoms with E-state index in [0.717, 1.165) is 0 Å². The monoisotopic (exact) mass is 398 g/mol. The number of rotatable bonds is 8. The van der Waals surface area contributed by atoms with Gasteiger partial charge in [0.1, 0.15) is 22.6 Å². The third-order valence-electron chi connectivity index (χ3n) is 4.33. The van der Waals surface area contributed by atoms with Gasteiger partial charge in [-0.3, -0.25) is 4.79 Å². The van der Waals surface area contributed by atoms with Gasteiger partial charge in [-0.2, -0.15) is 0 Å². The zero-order valence-electron chi connectivity index (χ0n) is 16.6. The summed E-state index contributed by atoms with van der Waals surface area (Å²) in [5.74, 6) is 0.303. The van der Waals surface area contributed by atoms with Crippen molar-refractivity contribution in [3.05, 3.63) is 70.1 Å². The predicted molar refractivity (Wildman–Crippen MR) is 107 cm³/mol. The van der Waals surface area contributed by atoms with Gasteiger partial charge in [0, 0.05) is 31.9 Å². The van der Waals surface area contributed by atoms with Crippen LogP contribution in [0.2, 0.25) is 0 Å². The molecule has 29 heavy (non-hydrogen) atoms. The molecule has 3 aromatic rings. The first-order chi connectivity index (χ1) is 13.9. The van der Waals surface area contributed by atoms with Crippen LogP contribution in [0.25, 0.3) is 11.0 Å². The molecule has 0 aliphatic carbocycles. The number of ketones is 1. The van der Waals surface area contributed by atoms with Crippen LogP contribution in [0.3, 0.4) is 0 Å². The van der Waals surface area contributed by atoms with Gasteiger partial charge in [-0.05, 0) is 19.9 Å². The average molecular weight is 398 g/mol. The quantitative estimate of drug-likeness (QED) is 0.324. The maximum absolute atomic E-state index is 12.8. The smallest absolute Gasteiger partial charge is 0.347 e. The fraction of sp³-hybridized carbons (Fsp3) is 0.273. The molecule has 0 bridgehead atoms. The normalized spacial score (nSPS) is 13.1. The van der Waals surface area contributed by atoms with Crippen LogP contribution in [0.1, 0.15) is 29.8 Å². The summed E-state index contributed by atoms with van der Waals surface area (Å²) in [6, 6.07) is 13.2. The molecule has 7 nitrogen and oxygen atoms in total. The summed E-state index contributed by atoms with van der Waals surface area (Å²) in [4.78, 5) is 25.3. The lowest BCUT2D eigenvalue weighted by Crippen LogP contribution is -2.17. The number of carbonyl (C=O) groups is 1. The van der Waals surface area contributed by atoms with Crippen molar-refractivity contribution < 1.29 is 28.2 Å². The summed E-state index contributed by atoms with van der Waals surface area (Å²) in [7, 11) is 3.02. The van der Waals surface area contributed by atoms with E-state index < -0.39 is 24.0 Å². The van der Waals surface area contributed by atoms with Crippen molar-refractivity contribution in [1.29, 1.82) is 0 Å². The Kier molecular flexibility index (Phi) is 6.31. The van der Waals surface area contributed by atoms with Gasteiger partial charge in [-0.1, -0.05) is 30.3 Å². The largest absolute Gasteiger partial charge is 0.465 e. The number of hydrogen-bond donors (Lipinski definition) is 0. The third kappa shape index (κ3) is 4.64. The lowest BCUT2D eigenvalue weighted by molar-refractivity contribution is -0.0419. The van der Waals surface area contributed by atoms with Crippen molar-refractivity contribution in [2.45, 2.75) is 26.4 Å². The van der Waals surface area contributed by atoms with E-state index in [9.17, 15) is 9.59 Å². The Morgan fingerprint density at radius 3 is 2.24 bits per heavy atom. The van der Waals surface area contributed by atoms with Gasteiger partial charge in [-0.15, -0.1) is 0 Å². The highest BCUT2D eigenvalue weighted by molar-refractivity contribution is 6.10. The second-order valence-corrected chi connectivity index (χ2v) is 6.32. The third-order valence-corrected chi connectivity index (χ3v) is 4.33. The Bertz CT molecular complexity index is 1060. The summed E-state index contributed by atoms with van der Waals surface area (Å²) >= 11 is 0. The lowest BCUT2D eigenvalue weighted by Gasteiger charge is -2.18. The van der Waals surface area contributed by atoms with Crippen molar-refractivity contribution >= 4 is 16.8 Å². The molecule has 2 aromatic carbocycles. The van der Waals surface area contributed by atoms with E-state index >= 15 is 0 Å². The zero-order chi connectivity index (χ0) is 21.0. The van der Waals surface area contributed by atoms with Gasteiger partial charge < -0.3 is 23.4 Å². The summed E-state index contributed by atoms with van der Waals surface area (Å²) in [5, 5.41) is 0.449. The molecule has 7 heteroatoms. The molecule has 0 saturated heterocycles. The highest BCUT2D eigenvalue weighted by Gasteiger charge is 2.19. The van der Waals surface area contributed by atoms with E-state index in [0.29, 0.717) is 22.4 Å². The van der Waals surface area contributed by atoms with E-state index in [4.69, 9.17) is 23.4 Å². The number of carbonyl (C=O) groups excluding carboxylic acids is 1. The molecule has 0 radical (unpaired) electrons. The van der Waals surface area contributed by atoms with E-state index in [1.807, 2.05) is 0 Å². The second-order valence-electron chi connectivity index (χ2n) is 6.32. The summed E-state index contributed by atoms with van der Waals surface area (Å²) < 4.78 is 27.1. The van der Waals surface area contributed by atoms with Crippen LogP contribution in [-0.2, 0) is 9.47 Å². The first-order valence-electron chi connectivity index (χ1n) is 9.03. The average Bonchev–Trinajstić information content (AvgIpc) is 2.73.